The van der Waals surface area contributed by atoms with Crippen molar-refractivity contribution < 1.29 is 4.79 Å². The summed E-state index contributed by atoms with van der Waals surface area (Å²) in [7, 11) is 0. The first-order valence-electron chi connectivity index (χ1n) is 7.53. The molecule has 1 fully saturated rings. The van der Waals surface area contributed by atoms with Gasteiger partial charge in [-0.2, -0.15) is 0 Å². The molecule has 1 atom stereocenters. The van der Waals surface area contributed by atoms with Crippen LogP contribution in [0.3, 0.4) is 0 Å². The van der Waals surface area contributed by atoms with Crippen LogP contribution in [0.25, 0.3) is 10.9 Å². The summed E-state index contributed by atoms with van der Waals surface area (Å²) >= 11 is 0. The Balaban J connectivity index is 1.83. The van der Waals surface area contributed by atoms with Gasteiger partial charge in [0.2, 0.25) is 5.91 Å². The Morgan fingerprint density at radius 2 is 2.15 bits per heavy atom. The van der Waals surface area contributed by atoms with Crippen LogP contribution in [-0.4, -0.2) is 22.3 Å². The van der Waals surface area contributed by atoms with Gasteiger partial charge in [0.25, 0.3) is 0 Å². The van der Waals surface area contributed by atoms with Crippen molar-refractivity contribution in [3.63, 3.8) is 0 Å². The highest BCUT2D eigenvalue weighted by molar-refractivity contribution is 5.85. The molecule has 1 unspecified atom stereocenters. The number of H-pyrrole nitrogens is 1. The van der Waals surface area contributed by atoms with Crippen LogP contribution in [0.15, 0.2) is 24.3 Å². The summed E-state index contributed by atoms with van der Waals surface area (Å²) in [5, 5.41) is 1.25. The van der Waals surface area contributed by atoms with Crippen molar-refractivity contribution >= 4 is 16.8 Å². The number of hydrogen-bond donors (Lipinski definition) is 1. The van der Waals surface area contributed by atoms with Crippen LogP contribution in [0, 0.1) is 12.8 Å². The number of aryl methyl sites for hydroxylation is 1. The number of likely N-dealkylation sites (tertiary alicyclic amines) is 1. The van der Waals surface area contributed by atoms with Crippen molar-refractivity contribution in [3.8, 4) is 0 Å². The number of aromatic amines is 1. The predicted octanol–water partition coefficient (Wildman–Crippen LogP) is 3.62. The highest BCUT2D eigenvalue weighted by atomic mass is 16.2. The van der Waals surface area contributed by atoms with E-state index in [1.807, 2.05) is 11.0 Å². The van der Waals surface area contributed by atoms with Crippen LogP contribution in [0.2, 0.25) is 0 Å². The minimum Gasteiger partial charge on any atom is -0.358 e. The molecule has 3 nitrogen and oxygen atoms in total. The van der Waals surface area contributed by atoms with E-state index in [1.54, 1.807) is 0 Å². The summed E-state index contributed by atoms with van der Waals surface area (Å²) in [5.41, 5.74) is 3.61. The molecule has 1 aliphatic heterocycles. The Labute approximate surface area is 120 Å². The van der Waals surface area contributed by atoms with E-state index in [0.29, 0.717) is 11.8 Å². The van der Waals surface area contributed by atoms with E-state index >= 15 is 0 Å². The number of carbonyl (C=O) groups is 1. The van der Waals surface area contributed by atoms with E-state index < -0.39 is 0 Å². The lowest BCUT2D eigenvalue weighted by Crippen LogP contribution is -2.24. The molecule has 3 rings (SSSR count). The van der Waals surface area contributed by atoms with Gasteiger partial charge >= 0.3 is 0 Å². The van der Waals surface area contributed by atoms with E-state index in [0.717, 1.165) is 37.9 Å². The summed E-state index contributed by atoms with van der Waals surface area (Å²) in [4.78, 5) is 17.6. The molecule has 106 valence electrons. The van der Waals surface area contributed by atoms with Crippen molar-refractivity contribution in [2.75, 3.05) is 6.54 Å². The first kappa shape index (κ1) is 13.2. The lowest BCUT2D eigenvalue weighted by atomic mass is 10.0. The third kappa shape index (κ3) is 2.33. The van der Waals surface area contributed by atoms with E-state index in [-0.39, 0.29) is 0 Å². The third-order valence-electron chi connectivity index (χ3n) is 4.37. The lowest BCUT2D eigenvalue weighted by molar-refractivity contribution is -0.128. The van der Waals surface area contributed by atoms with Gasteiger partial charge in [-0.05, 0) is 30.9 Å². The summed E-state index contributed by atoms with van der Waals surface area (Å²) in [6, 6.07) is 8.33. The number of nitrogens with one attached hydrogen (secondary N) is 1. The van der Waals surface area contributed by atoms with Crippen LogP contribution in [-0.2, 0) is 11.3 Å². The largest absolute Gasteiger partial charge is 0.358 e. The lowest BCUT2D eigenvalue weighted by Gasteiger charge is -2.17. The second-order valence-corrected chi connectivity index (χ2v) is 5.91. The minimum atomic E-state index is 0.313. The monoisotopic (exact) mass is 270 g/mol. The Bertz CT molecular complexity index is 629. The molecule has 1 aromatic heterocycles. The molecule has 2 aromatic rings. The quantitative estimate of drug-likeness (QED) is 0.905. The summed E-state index contributed by atoms with van der Waals surface area (Å²) in [6.07, 6.45) is 3.06. The van der Waals surface area contributed by atoms with Crippen LogP contribution in [0.4, 0.5) is 0 Å². The average Bonchev–Trinajstić information content (AvgIpc) is 2.92. The molecule has 0 radical (unpaired) electrons. The fourth-order valence-electron chi connectivity index (χ4n) is 3.34. The van der Waals surface area contributed by atoms with Crippen molar-refractivity contribution in [1.82, 2.24) is 9.88 Å². The fraction of sp³-hybridized carbons (Fsp3) is 0.471. The Hall–Kier alpha value is -1.77. The van der Waals surface area contributed by atoms with Gasteiger partial charge in [0.1, 0.15) is 0 Å². The molecule has 0 saturated carbocycles. The maximum absolute atomic E-state index is 12.1. The number of fused-ring (bicyclic) bond motifs is 1. The zero-order chi connectivity index (χ0) is 14.1. The summed E-state index contributed by atoms with van der Waals surface area (Å²) < 4.78 is 0. The van der Waals surface area contributed by atoms with E-state index in [1.165, 1.54) is 16.6 Å². The van der Waals surface area contributed by atoms with Gasteiger partial charge in [0, 0.05) is 36.1 Å². The van der Waals surface area contributed by atoms with Crippen LogP contribution >= 0.6 is 0 Å². The van der Waals surface area contributed by atoms with Crippen LogP contribution < -0.4 is 0 Å². The standard InChI is InChI=1S/C17H22N2O/c1-3-6-13-9-17(20)19(10-13)11-15-12(2)18-16-8-5-4-7-14(15)16/h4-5,7-8,13,18H,3,6,9-11H2,1-2H3. The maximum atomic E-state index is 12.1. The van der Waals surface area contributed by atoms with Crippen LogP contribution in [0.5, 0.6) is 0 Å². The smallest absolute Gasteiger partial charge is 0.223 e. The number of nitrogens with zero attached hydrogens (tertiary/aromatic N) is 1. The Kier molecular flexibility index (Phi) is 3.51. The number of carbonyl (C=O) groups excluding carboxylic acids is 1. The summed E-state index contributed by atoms with van der Waals surface area (Å²) in [6.45, 7) is 5.96. The second kappa shape index (κ2) is 5.31. The topological polar surface area (TPSA) is 36.1 Å². The number of amides is 1. The highest BCUT2D eigenvalue weighted by Gasteiger charge is 2.29. The Morgan fingerprint density at radius 3 is 2.95 bits per heavy atom. The SMILES string of the molecule is CCCC1CC(=O)N(Cc2c(C)[nH]c3ccccc23)C1. The number of aromatic nitrogens is 1. The number of para-hydroxylation sites is 1. The average molecular weight is 270 g/mol. The minimum absolute atomic E-state index is 0.313. The highest BCUT2D eigenvalue weighted by Crippen LogP contribution is 2.28. The van der Waals surface area contributed by atoms with Gasteiger partial charge in [-0.15, -0.1) is 0 Å². The molecule has 20 heavy (non-hydrogen) atoms. The van der Waals surface area contributed by atoms with Gasteiger partial charge in [0.05, 0.1) is 0 Å². The van der Waals surface area contributed by atoms with Crippen molar-refractivity contribution in [2.24, 2.45) is 5.92 Å². The zero-order valence-electron chi connectivity index (χ0n) is 12.3. The molecule has 1 amide bonds. The first-order chi connectivity index (χ1) is 9.69. The molecule has 1 saturated heterocycles. The molecule has 1 N–H and O–H groups in total. The Morgan fingerprint density at radius 1 is 1.35 bits per heavy atom. The van der Waals surface area contributed by atoms with Crippen molar-refractivity contribution in [3.05, 3.63) is 35.5 Å². The second-order valence-electron chi connectivity index (χ2n) is 5.91. The predicted molar refractivity (Wildman–Crippen MR) is 81.5 cm³/mol. The van der Waals surface area contributed by atoms with Gasteiger partial charge in [-0.25, -0.2) is 0 Å². The first-order valence-corrected chi connectivity index (χ1v) is 7.53. The van der Waals surface area contributed by atoms with Gasteiger partial charge in [-0.3, -0.25) is 4.79 Å². The third-order valence-corrected chi connectivity index (χ3v) is 4.37. The molecule has 3 heteroatoms. The summed E-state index contributed by atoms with van der Waals surface area (Å²) in [5.74, 6) is 0.867. The van der Waals surface area contributed by atoms with Crippen LogP contribution in [0.1, 0.15) is 37.4 Å². The van der Waals surface area contributed by atoms with E-state index in [2.05, 4.69) is 37.0 Å². The van der Waals surface area contributed by atoms with Gasteiger partial charge in [0.15, 0.2) is 0 Å². The fourth-order valence-corrected chi connectivity index (χ4v) is 3.34. The number of hydrogen-bond acceptors (Lipinski definition) is 1. The van der Waals surface area contributed by atoms with Gasteiger partial charge < -0.3 is 9.88 Å². The normalized spacial score (nSPS) is 19.2. The van der Waals surface area contributed by atoms with E-state index in [9.17, 15) is 4.79 Å². The van der Waals surface area contributed by atoms with E-state index in [4.69, 9.17) is 0 Å². The molecule has 1 aromatic carbocycles. The molecular formula is C17H22N2O. The molecule has 0 aliphatic carbocycles. The number of rotatable bonds is 4. The zero-order valence-corrected chi connectivity index (χ0v) is 12.3. The van der Waals surface area contributed by atoms with Crippen molar-refractivity contribution in [1.29, 1.82) is 0 Å². The molecule has 0 bridgehead atoms. The molecule has 2 heterocycles. The van der Waals surface area contributed by atoms with Crippen molar-refractivity contribution in [2.45, 2.75) is 39.7 Å². The molecular weight excluding hydrogens is 248 g/mol. The van der Waals surface area contributed by atoms with Gasteiger partial charge in [-0.1, -0.05) is 31.5 Å². The maximum Gasteiger partial charge on any atom is 0.223 e. The number of benzene rings is 1. The molecule has 0 spiro atoms. The molecule has 1 aliphatic rings.